The fourth-order valence-electron chi connectivity index (χ4n) is 3.92. The van der Waals surface area contributed by atoms with E-state index in [1.165, 1.54) is 12.0 Å². The summed E-state index contributed by atoms with van der Waals surface area (Å²) in [5.74, 6) is 1.01. The highest BCUT2D eigenvalue weighted by Crippen LogP contribution is 2.26. The molecular weight excluding hydrogens is 462 g/mol. The zero-order valence-corrected chi connectivity index (χ0v) is 21.2. The minimum absolute atomic E-state index is 0.00788. The summed E-state index contributed by atoms with van der Waals surface area (Å²) in [6, 6.07) is 4.37. The average molecular weight is 504 g/mol. The maximum Gasteiger partial charge on any atom is 0.303 e. The van der Waals surface area contributed by atoms with Crippen molar-refractivity contribution in [2.75, 3.05) is 31.7 Å². The van der Waals surface area contributed by atoms with Gasteiger partial charge in [0.2, 0.25) is 0 Å². The van der Waals surface area contributed by atoms with Crippen molar-refractivity contribution in [3.05, 3.63) is 47.2 Å². The van der Waals surface area contributed by atoms with Crippen LogP contribution in [0, 0.1) is 6.92 Å². The molecule has 7 N–H and O–H groups in total. The number of nitrogens with one attached hydrogen (secondary N) is 1. The lowest BCUT2D eigenvalue weighted by molar-refractivity contribution is -0.137. The number of aliphatic hydroxyl groups is 3. The van der Waals surface area contributed by atoms with Gasteiger partial charge in [0.25, 0.3) is 0 Å². The number of aryl methyl sites for hydroxylation is 3. The number of carbonyl (C=O) groups is 1. The molecule has 0 fully saturated rings. The number of carboxylic acid groups (broad SMARTS) is 1. The van der Waals surface area contributed by atoms with Crippen LogP contribution in [0.4, 0.5) is 5.82 Å². The monoisotopic (exact) mass is 503 g/mol. The van der Waals surface area contributed by atoms with Gasteiger partial charge in [-0.05, 0) is 62.1 Å². The van der Waals surface area contributed by atoms with E-state index in [1.54, 1.807) is 12.4 Å². The van der Waals surface area contributed by atoms with Crippen molar-refractivity contribution in [1.82, 2.24) is 15.0 Å². The molecule has 0 saturated heterocycles. The first-order chi connectivity index (χ1) is 17.3. The predicted molar refractivity (Wildman–Crippen MR) is 138 cm³/mol. The minimum atomic E-state index is -1.21. The largest absolute Gasteiger partial charge is 0.481 e. The van der Waals surface area contributed by atoms with Gasteiger partial charge in [-0.2, -0.15) is 0 Å². The van der Waals surface area contributed by atoms with E-state index in [4.69, 9.17) is 26.0 Å². The molecule has 0 amide bonds. The summed E-state index contributed by atoms with van der Waals surface area (Å²) < 4.78 is 0. The van der Waals surface area contributed by atoms with Gasteiger partial charge in [0, 0.05) is 24.6 Å². The summed E-state index contributed by atoms with van der Waals surface area (Å²) in [7, 11) is 0. The Kier molecular flexibility index (Phi) is 12.7. The Hall–Kier alpha value is -2.66. The second-order valence-electron chi connectivity index (χ2n) is 9.49. The summed E-state index contributed by atoms with van der Waals surface area (Å²) in [4.78, 5) is 24.4. The van der Waals surface area contributed by atoms with Crippen LogP contribution >= 0.6 is 0 Å². The lowest BCUT2D eigenvalue weighted by Gasteiger charge is -2.20. The van der Waals surface area contributed by atoms with Crippen molar-refractivity contribution >= 4 is 11.8 Å². The molecule has 0 bridgehead atoms. The van der Waals surface area contributed by atoms with E-state index in [1.807, 2.05) is 6.92 Å². The summed E-state index contributed by atoms with van der Waals surface area (Å²) in [6.45, 7) is 1.65. The van der Waals surface area contributed by atoms with Gasteiger partial charge < -0.3 is 31.5 Å². The normalized spacial score (nSPS) is 13.7. The third-order valence-electron chi connectivity index (χ3n) is 6.33. The quantitative estimate of drug-likeness (QED) is 0.222. The van der Waals surface area contributed by atoms with Crippen LogP contribution in [0.3, 0.4) is 0 Å². The molecule has 10 nitrogen and oxygen atoms in total. The maximum atomic E-state index is 11.2. The lowest BCUT2D eigenvalue weighted by Crippen LogP contribution is -2.50. The topological polar surface area (TPSA) is 175 Å². The highest BCUT2D eigenvalue weighted by Gasteiger charge is 2.20. The van der Waals surface area contributed by atoms with Crippen molar-refractivity contribution in [3.8, 4) is 0 Å². The fraction of sp³-hybridized carbons (Fsp3) is 0.615. The first kappa shape index (κ1) is 29.6. The van der Waals surface area contributed by atoms with E-state index in [-0.39, 0.29) is 12.3 Å². The van der Waals surface area contributed by atoms with Gasteiger partial charge in [0.1, 0.15) is 11.6 Å². The number of aliphatic carboxylic acids is 1. The lowest BCUT2D eigenvalue weighted by atomic mass is 9.92. The first-order valence-electron chi connectivity index (χ1n) is 12.6. The predicted octanol–water partition coefficient (Wildman–Crippen LogP) is 1.95. The third kappa shape index (κ3) is 10.1. The number of anilines is 1. The van der Waals surface area contributed by atoms with Gasteiger partial charge in [0.15, 0.2) is 0 Å². The van der Waals surface area contributed by atoms with Crippen molar-refractivity contribution in [2.45, 2.75) is 76.2 Å². The molecule has 10 heteroatoms. The molecule has 1 aliphatic rings. The van der Waals surface area contributed by atoms with Crippen LogP contribution in [0.5, 0.6) is 0 Å². The number of hydrogen-bond donors (Lipinski definition) is 6. The van der Waals surface area contributed by atoms with Crippen molar-refractivity contribution in [1.29, 1.82) is 0 Å². The number of pyridine rings is 1. The van der Waals surface area contributed by atoms with Gasteiger partial charge in [-0.15, -0.1) is 0 Å². The van der Waals surface area contributed by atoms with E-state index < -0.39 is 31.3 Å². The number of aromatic nitrogens is 3. The van der Waals surface area contributed by atoms with E-state index >= 15 is 0 Å². The smallest absolute Gasteiger partial charge is 0.303 e. The number of fused-ring (bicyclic) bond motifs is 1. The Bertz CT molecular complexity index is 913. The molecule has 1 aliphatic heterocycles. The molecule has 2 aromatic heterocycles. The molecule has 1 unspecified atom stereocenters. The number of nitrogens with two attached hydrogens (primary N) is 1. The Morgan fingerprint density at radius 3 is 2.36 bits per heavy atom. The number of unbranched alkanes of at least 4 members (excludes halogenated alkanes) is 3. The second-order valence-corrected chi connectivity index (χ2v) is 9.49. The minimum Gasteiger partial charge on any atom is -0.481 e. The van der Waals surface area contributed by atoms with Gasteiger partial charge in [-0.1, -0.05) is 25.3 Å². The van der Waals surface area contributed by atoms with Crippen LogP contribution in [0.1, 0.15) is 73.5 Å². The van der Waals surface area contributed by atoms with Gasteiger partial charge >= 0.3 is 5.97 Å². The summed E-state index contributed by atoms with van der Waals surface area (Å²) in [5.41, 5.74) is 7.36. The molecule has 0 radical (unpaired) electrons. The molecule has 2 aromatic rings. The van der Waals surface area contributed by atoms with Gasteiger partial charge in [-0.25, -0.2) is 15.0 Å². The highest BCUT2D eigenvalue weighted by atomic mass is 16.4. The van der Waals surface area contributed by atoms with Gasteiger partial charge in [-0.3, -0.25) is 4.79 Å². The molecule has 200 valence electrons. The van der Waals surface area contributed by atoms with Crippen LogP contribution in [-0.4, -0.2) is 73.3 Å². The van der Waals surface area contributed by atoms with Crippen molar-refractivity contribution in [3.63, 3.8) is 0 Å². The Morgan fingerprint density at radius 1 is 1.08 bits per heavy atom. The zero-order valence-electron chi connectivity index (χ0n) is 21.2. The van der Waals surface area contributed by atoms with Crippen LogP contribution in [0.25, 0.3) is 0 Å². The molecule has 3 heterocycles. The SMILES string of the molecule is Cc1ncc(C(CCCCCCc2ccc3c(n2)NCCC3)CC(=O)O)cn1.NC(CO)(CO)CO. The molecule has 3 rings (SSSR count). The Morgan fingerprint density at radius 2 is 1.75 bits per heavy atom. The number of hydrogen-bond acceptors (Lipinski definition) is 9. The van der Waals surface area contributed by atoms with E-state index in [9.17, 15) is 9.90 Å². The zero-order chi connectivity index (χ0) is 26.4. The molecule has 0 saturated carbocycles. The summed E-state index contributed by atoms with van der Waals surface area (Å²) >= 11 is 0. The number of aliphatic hydroxyl groups excluding tert-OH is 3. The molecular formula is C26H41N5O5. The summed E-state index contributed by atoms with van der Waals surface area (Å²) in [5, 5.41) is 37.6. The maximum absolute atomic E-state index is 11.2. The fourth-order valence-corrected chi connectivity index (χ4v) is 3.92. The highest BCUT2D eigenvalue weighted by molar-refractivity contribution is 5.68. The third-order valence-corrected chi connectivity index (χ3v) is 6.33. The number of carboxylic acids is 1. The molecule has 0 aromatic carbocycles. The Labute approximate surface area is 213 Å². The molecule has 0 spiro atoms. The molecule has 36 heavy (non-hydrogen) atoms. The van der Waals surface area contributed by atoms with Crippen LogP contribution in [0.2, 0.25) is 0 Å². The molecule has 0 aliphatic carbocycles. The standard InChI is InChI=1S/C22H30N4O2.C4H11NO3/c1-16-24-14-19(15-25-16)18(13-21(27)28)7-4-2-3-5-9-20-11-10-17-8-6-12-23-22(17)26-20;5-4(1-6,2-7)3-8/h10-11,14-15,18H,2-9,12-13H2,1H3,(H,23,26)(H,27,28);6-8H,1-3,5H2. The van der Waals surface area contributed by atoms with Crippen LogP contribution in [0.15, 0.2) is 24.5 Å². The van der Waals surface area contributed by atoms with Crippen LogP contribution < -0.4 is 11.1 Å². The molecule has 1 atom stereocenters. The van der Waals surface area contributed by atoms with Crippen molar-refractivity contribution < 1.29 is 25.2 Å². The van der Waals surface area contributed by atoms with E-state index in [0.717, 1.165) is 68.6 Å². The average Bonchev–Trinajstić information content (AvgIpc) is 2.90. The van der Waals surface area contributed by atoms with E-state index in [2.05, 4.69) is 27.4 Å². The van der Waals surface area contributed by atoms with E-state index in [0.29, 0.717) is 5.82 Å². The number of nitrogens with zero attached hydrogens (tertiary/aromatic N) is 3. The van der Waals surface area contributed by atoms with Crippen LogP contribution in [-0.2, 0) is 17.6 Å². The van der Waals surface area contributed by atoms with Crippen molar-refractivity contribution in [2.24, 2.45) is 5.73 Å². The summed E-state index contributed by atoms with van der Waals surface area (Å²) in [6.07, 6.45) is 12.2. The number of rotatable bonds is 13. The van der Waals surface area contributed by atoms with Gasteiger partial charge in [0.05, 0.1) is 31.8 Å². The Balaban J connectivity index is 0.000000493. The first-order valence-corrected chi connectivity index (χ1v) is 12.6. The second kappa shape index (κ2) is 15.5.